The summed E-state index contributed by atoms with van der Waals surface area (Å²) in [6.45, 7) is 5.41. The highest BCUT2D eigenvalue weighted by atomic mass is 32.2. The number of nitrogens with one attached hydrogen (secondary N) is 1. The van der Waals surface area contributed by atoms with Gasteiger partial charge in [0.25, 0.3) is 0 Å². The van der Waals surface area contributed by atoms with Gasteiger partial charge in [-0.2, -0.15) is 0 Å². The van der Waals surface area contributed by atoms with Crippen LogP contribution in [0.3, 0.4) is 0 Å². The monoisotopic (exact) mass is 297 g/mol. The first-order valence-corrected chi connectivity index (χ1v) is 8.77. The number of anilines is 1. The third-order valence-electron chi connectivity index (χ3n) is 3.72. The van der Waals surface area contributed by atoms with Crippen molar-refractivity contribution in [1.29, 1.82) is 0 Å². The summed E-state index contributed by atoms with van der Waals surface area (Å²) in [7, 11) is -1.61. The molecule has 20 heavy (non-hydrogen) atoms. The van der Waals surface area contributed by atoms with Crippen molar-refractivity contribution in [3.8, 4) is 0 Å². The Morgan fingerprint density at radius 2 is 1.80 bits per heavy atom. The molecule has 1 aromatic carbocycles. The van der Waals surface area contributed by atoms with E-state index in [-0.39, 0.29) is 0 Å². The van der Waals surface area contributed by atoms with E-state index in [9.17, 15) is 8.42 Å². The van der Waals surface area contributed by atoms with E-state index in [0.717, 1.165) is 39.1 Å². The normalized spacial score (nSPS) is 17.1. The molecular weight excluding hydrogens is 274 g/mol. The molecule has 1 heterocycles. The van der Waals surface area contributed by atoms with Crippen LogP contribution in [0.4, 0.5) is 5.69 Å². The van der Waals surface area contributed by atoms with Crippen molar-refractivity contribution in [2.75, 3.05) is 50.3 Å². The minimum atomic E-state index is -3.18. The molecule has 1 aliphatic heterocycles. The van der Waals surface area contributed by atoms with Crippen molar-refractivity contribution in [2.45, 2.75) is 6.42 Å². The molecule has 0 unspecified atom stereocenters. The Bertz CT molecular complexity index is 522. The second kappa shape index (κ2) is 6.56. The van der Waals surface area contributed by atoms with Crippen LogP contribution in [0.25, 0.3) is 0 Å². The van der Waals surface area contributed by atoms with Gasteiger partial charge in [-0.3, -0.25) is 4.31 Å². The molecule has 1 saturated heterocycles. The molecule has 112 valence electrons. The summed E-state index contributed by atoms with van der Waals surface area (Å²) in [5.41, 5.74) is 1.95. The van der Waals surface area contributed by atoms with E-state index < -0.39 is 10.0 Å². The maximum Gasteiger partial charge on any atom is 0.231 e. The zero-order valence-corrected chi connectivity index (χ0v) is 13.0. The van der Waals surface area contributed by atoms with Gasteiger partial charge in [-0.25, -0.2) is 8.42 Å². The maximum absolute atomic E-state index is 11.5. The molecule has 1 fully saturated rings. The molecule has 0 atom stereocenters. The zero-order chi connectivity index (χ0) is 14.6. The average Bonchev–Trinajstić information content (AvgIpc) is 2.45. The number of hydrogen-bond donors (Lipinski definition) is 1. The first kappa shape index (κ1) is 15.3. The fourth-order valence-corrected chi connectivity index (χ4v) is 2.79. The van der Waals surface area contributed by atoms with Crippen LogP contribution in [0.5, 0.6) is 0 Å². The van der Waals surface area contributed by atoms with E-state index >= 15 is 0 Å². The lowest BCUT2D eigenvalue weighted by Crippen LogP contribution is -2.44. The van der Waals surface area contributed by atoms with Gasteiger partial charge in [0.1, 0.15) is 0 Å². The number of nitrogens with zero attached hydrogens (tertiary/aromatic N) is 2. The number of sulfonamides is 1. The van der Waals surface area contributed by atoms with Gasteiger partial charge in [-0.15, -0.1) is 0 Å². The van der Waals surface area contributed by atoms with E-state index in [0.29, 0.717) is 5.69 Å². The molecule has 5 nitrogen and oxygen atoms in total. The van der Waals surface area contributed by atoms with E-state index in [1.807, 2.05) is 24.3 Å². The third-order valence-corrected chi connectivity index (χ3v) is 4.93. The van der Waals surface area contributed by atoms with Crippen LogP contribution >= 0.6 is 0 Å². The standard InChI is InChI=1S/C14H23N3O2S/c1-16(20(2,18)19)14-5-3-13(4-6-14)7-10-17-11-8-15-9-12-17/h3-6,15H,7-12H2,1-2H3. The largest absolute Gasteiger partial charge is 0.314 e. The zero-order valence-electron chi connectivity index (χ0n) is 12.2. The summed E-state index contributed by atoms with van der Waals surface area (Å²) in [6.07, 6.45) is 2.22. The van der Waals surface area contributed by atoms with E-state index in [1.165, 1.54) is 16.1 Å². The Morgan fingerprint density at radius 1 is 1.20 bits per heavy atom. The van der Waals surface area contributed by atoms with Crippen molar-refractivity contribution in [3.05, 3.63) is 29.8 Å². The molecule has 2 rings (SSSR count). The van der Waals surface area contributed by atoms with Crippen molar-refractivity contribution < 1.29 is 8.42 Å². The highest BCUT2D eigenvalue weighted by Gasteiger charge is 2.12. The first-order valence-electron chi connectivity index (χ1n) is 6.93. The summed E-state index contributed by atoms with van der Waals surface area (Å²) < 4.78 is 24.2. The lowest BCUT2D eigenvalue weighted by molar-refractivity contribution is 0.244. The molecule has 0 radical (unpaired) electrons. The van der Waals surface area contributed by atoms with Crippen LogP contribution in [0, 0.1) is 0 Å². The smallest absolute Gasteiger partial charge is 0.231 e. The fourth-order valence-electron chi connectivity index (χ4n) is 2.29. The van der Waals surface area contributed by atoms with Crippen LogP contribution in [0.1, 0.15) is 5.56 Å². The van der Waals surface area contributed by atoms with Crippen LogP contribution in [-0.2, 0) is 16.4 Å². The van der Waals surface area contributed by atoms with Gasteiger partial charge in [-0.05, 0) is 24.1 Å². The molecule has 1 N–H and O–H groups in total. The van der Waals surface area contributed by atoms with Crippen LogP contribution in [0.2, 0.25) is 0 Å². The highest BCUT2D eigenvalue weighted by Crippen LogP contribution is 2.16. The summed E-state index contributed by atoms with van der Waals surface area (Å²) in [4.78, 5) is 2.45. The predicted molar refractivity (Wildman–Crippen MR) is 82.7 cm³/mol. The molecule has 0 bridgehead atoms. The third kappa shape index (κ3) is 4.19. The van der Waals surface area contributed by atoms with Crippen LogP contribution < -0.4 is 9.62 Å². The summed E-state index contributed by atoms with van der Waals surface area (Å²) in [5, 5.41) is 3.34. The van der Waals surface area contributed by atoms with Crippen molar-refractivity contribution in [2.24, 2.45) is 0 Å². The van der Waals surface area contributed by atoms with Crippen molar-refractivity contribution in [1.82, 2.24) is 10.2 Å². The van der Waals surface area contributed by atoms with Crippen LogP contribution in [0.15, 0.2) is 24.3 Å². The molecule has 6 heteroatoms. The van der Waals surface area contributed by atoms with Gasteiger partial charge >= 0.3 is 0 Å². The van der Waals surface area contributed by atoms with Gasteiger partial charge in [-0.1, -0.05) is 12.1 Å². The van der Waals surface area contributed by atoms with Crippen molar-refractivity contribution in [3.63, 3.8) is 0 Å². The van der Waals surface area contributed by atoms with Gasteiger partial charge in [0, 0.05) is 39.8 Å². The van der Waals surface area contributed by atoms with E-state index in [4.69, 9.17) is 0 Å². The molecule has 1 aliphatic rings. The van der Waals surface area contributed by atoms with Crippen molar-refractivity contribution >= 4 is 15.7 Å². The lowest BCUT2D eigenvalue weighted by atomic mass is 10.1. The minimum absolute atomic E-state index is 0.707. The molecule has 0 amide bonds. The Morgan fingerprint density at radius 3 is 2.35 bits per heavy atom. The Labute approximate surface area is 121 Å². The predicted octanol–water partition coefficient (Wildman–Crippen LogP) is 0.530. The molecule has 0 saturated carbocycles. The molecule has 0 aromatic heterocycles. The lowest BCUT2D eigenvalue weighted by Gasteiger charge is -2.27. The quantitative estimate of drug-likeness (QED) is 0.861. The topological polar surface area (TPSA) is 52.6 Å². The Hall–Kier alpha value is -1.11. The molecule has 0 spiro atoms. The summed E-state index contributed by atoms with van der Waals surface area (Å²) >= 11 is 0. The molecular formula is C14H23N3O2S. The first-order chi connectivity index (χ1) is 9.47. The van der Waals surface area contributed by atoms with E-state index in [1.54, 1.807) is 7.05 Å². The number of piperazine rings is 1. The summed E-state index contributed by atoms with van der Waals surface area (Å²) in [6, 6.07) is 7.76. The second-order valence-corrected chi connectivity index (χ2v) is 7.25. The fraction of sp³-hybridized carbons (Fsp3) is 0.571. The van der Waals surface area contributed by atoms with Gasteiger partial charge in [0.05, 0.1) is 11.9 Å². The second-order valence-electron chi connectivity index (χ2n) is 5.24. The van der Waals surface area contributed by atoms with Gasteiger partial charge in [0.2, 0.25) is 10.0 Å². The summed E-state index contributed by atoms with van der Waals surface area (Å²) in [5.74, 6) is 0. The maximum atomic E-state index is 11.5. The molecule has 1 aromatic rings. The molecule has 0 aliphatic carbocycles. The van der Waals surface area contributed by atoms with Crippen LogP contribution in [-0.4, -0.2) is 59.3 Å². The number of hydrogen-bond acceptors (Lipinski definition) is 4. The average molecular weight is 297 g/mol. The van der Waals surface area contributed by atoms with Gasteiger partial charge < -0.3 is 10.2 Å². The Kier molecular flexibility index (Phi) is 5.01. The van der Waals surface area contributed by atoms with E-state index in [2.05, 4.69) is 10.2 Å². The number of rotatable bonds is 5. The Balaban J connectivity index is 1.91. The minimum Gasteiger partial charge on any atom is -0.314 e. The highest BCUT2D eigenvalue weighted by molar-refractivity contribution is 7.92. The SMILES string of the molecule is CN(c1ccc(CCN2CCNCC2)cc1)S(C)(=O)=O. The number of benzene rings is 1. The van der Waals surface area contributed by atoms with Gasteiger partial charge in [0.15, 0.2) is 0 Å².